The van der Waals surface area contributed by atoms with Gasteiger partial charge in [-0.2, -0.15) is 11.8 Å². The standard InChI is InChI=1S/C6H14N2S/c7-3-6(8)5-1-2-9-4-5/h5-6H,1-4,7-8H2. The van der Waals surface area contributed by atoms with Gasteiger partial charge in [-0.15, -0.1) is 0 Å². The highest BCUT2D eigenvalue weighted by Gasteiger charge is 2.20. The molecule has 0 radical (unpaired) electrons. The highest BCUT2D eigenvalue weighted by molar-refractivity contribution is 7.99. The van der Waals surface area contributed by atoms with Gasteiger partial charge in [-0.3, -0.25) is 0 Å². The smallest absolute Gasteiger partial charge is 0.0199 e. The van der Waals surface area contributed by atoms with E-state index in [0.717, 1.165) is 0 Å². The average molecular weight is 146 g/mol. The third kappa shape index (κ3) is 1.85. The summed E-state index contributed by atoms with van der Waals surface area (Å²) in [6.45, 7) is 0.644. The molecule has 0 aromatic rings. The molecule has 1 fully saturated rings. The molecule has 0 aromatic carbocycles. The molecular weight excluding hydrogens is 132 g/mol. The molecule has 0 amide bonds. The van der Waals surface area contributed by atoms with Crippen LogP contribution in [0.3, 0.4) is 0 Å². The van der Waals surface area contributed by atoms with Crippen molar-refractivity contribution in [1.29, 1.82) is 0 Å². The van der Waals surface area contributed by atoms with Gasteiger partial charge in [0.05, 0.1) is 0 Å². The first kappa shape index (κ1) is 7.38. The zero-order chi connectivity index (χ0) is 6.69. The number of nitrogens with two attached hydrogens (primary N) is 2. The molecule has 1 aliphatic rings. The van der Waals surface area contributed by atoms with Gasteiger partial charge in [0, 0.05) is 12.6 Å². The van der Waals surface area contributed by atoms with Crippen molar-refractivity contribution in [1.82, 2.24) is 0 Å². The molecule has 0 spiro atoms. The maximum atomic E-state index is 5.74. The van der Waals surface area contributed by atoms with Gasteiger partial charge >= 0.3 is 0 Å². The van der Waals surface area contributed by atoms with E-state index in [1.165, 1.54) is 17.9 Å². The van der Waals surface area contributed by atoms with E-state index in [1.807, 2.05) is 11.8 Å². The number of hydrogen-bond donors (Lipinski definition) is 2. The molecule has 2 atom stereocenters. The summed E-state index contributed by atoms with van der Waals surface area (Å²) in [4.78, 5) is 0. The van der Waals surface area contributed by atoms with Crippen LogP contribution in [-0.2, 0) is 0 Å². The predicted octanol–water partition coefficient (Wildman–Crippen LogP) is 0.0255. The van der Waals surface area contributed by atoms with E-state index in [1.54, 1.807) is 0 Å². The van der Waals surface area contributed by atoms with Crippen LogP contribution in [0.5, 0.6) is 0 Å². The molecule has 1 heterocycles. The van der Waals surface area contributed by atoms with Crippen molar-refractivity contribution in [2.75, 3.05) is 18.1 Å². The van der Waals surface area contributed by atoms with Crippen LogP contribution in [0.2, 0.25) is 0 Å². The Morgan fingerprint density at radius 2 is 2.44 bits per heavy atom. The monoisotopic (exact) mass is 146 g/mol. The summed E-state index contributed by atoms with van der Waals surface area (Å²) >= 11 is 1.99. The van der Waals surface area contributed by atoms with E-state index < -0.39 is 0 Å². The Kier molecular flexibility index (Phi) is 2.82. The Labute approximate surface area is 60.4 Å². The first-order valence-corrected chi connectivity index (χ1v) is 4.53. The van der Waals surface area contributed by atoms with Gasteiger partial charge in [0.25, 0.3) is 0 Å². The van der Waals surface area contributed by atoms with Crippen LogP contribution in [-0.4, -0.2) is 24.1 Å². The molecule has 2 nitrogen and oxygen atoms in total. The Morgan fingerprint density at radius 3 is 2.89 bits per heavy atom. The quantitative estimate of drug-likeness (QED) is 0.577. The third-order valence-electron chi connectivity index (χ3n) is 1.84. The van der Waals surface area contributed by atoms with Crippen molar-refractivity contribution in [3.63, 3.8) is 0 Å². The second-order valence-electron chi connectivity index (χ2n) is 2.52. The van der Waals surface area contributed by atoms with Gasteiger partial charge in [-0.05, 0) is 23.8 Å². The maximum Gasteiger partial charge on any atom is 0.0199 e. The van der Waals surface area contributed by atoms with Crippen molar-refractivity contribution >= 4 is 11.8 Å². The molecule has 0 saturated carbocycles. The Balaban J connectivity index is 2.24. The van der Waals surface area contributed by atoms with Crippen molar-refractivity contribution < 1.29 is 0 Å². The summed E-state index contributed by atoms with van der Waals surface area (Å²) in [6, 6.07) is 0.250. The zero-order valence-corrected chi connectivity index (χ0v) is 6.36. The molecule has 3 heteroatoms. The number of rotatable bonds is 2. The SMILES string of the molecule is NCC(N)C1CCSC1. The van der Waals surface area contributed by atoms with Crippen molar-refractivity contribution in [3.8, 4) is 0 Å². The van der Waals surface area contributed by atoms with Crippen LogP contribution in [0.15, 0.2) is 0 Å². The lowest BCUT2D eigenvalue weighted by Crippen LogP contribution is -2.37. The van der Waals surface area contributed by atoms with Crippen molar-refractivity contribution in [2.45, 2.75) is 12.5 Å². The minimum atomic E-state index is 0.250. The van der Waals surface area contributed by atoms with Gasteiger partial charge in [-0.1, -0.05) is 0 Å². The molecule has 2 unspecified atom stereocenters. The fraction of sp³-hybridized carbons (Fsp3) is 1.00. The second kappa shape index (κ2) is 3.44. The summed E-state index contributed by atoms with van der Waals surface area (Å²) in [5, 5.41) is 0. The predicted molar refractivity (Wildman–Crippen MR) is 42.5 cm³/mol. The Hall–Kier alpha value is 0.270. The highest BCUT2D eigenvalue weighted by atomic mass is 32.2. The van der Waals surface area contributed by atoms with Crippen LogP contribution in [0, 0.1) is 5.92 Å². The molecule has 1 aliphatic heterocycles. The topological polar surface area (TPSA) is 52.0 Å². The van der Waals surface area contributed by atoms with E-state index in [0.29, 0.717) is 12.5 Å². The Morgan fingerprint density at radius 1 is 1.67 bits per heavy atom. The lowest BCUT2D eigenvalue weighted by Gasteiger charge is -2.14. The van der Waals surface area contributed by atoms with Gasteiger partial charge in [0.1, 0.15) is 0 Å². The molecule has 1 saturated heterocycles. The summed E-state index contributed by atoms with van der Waals surface area (Å²) in [7, 11) is 0. The summed E-state index contributed by atoms with van der Waals surface area (Å²) in [5.41, 5.74) is 11.2. The van der Waals surface area contributed by atoms with E-state index in [-0.39, 0.29) is 6.04 Å². The van der Waals surface area contributed by atoms with Crippen molar-refractivity contribution in [3.05, 3.63) is 0 Å². The normalized spacial score (nSPS) is 30.7. The lowest BCUT2D eigenvalue weighted by atomic mass is 10.0. The minimum absolute atomic E-state index is 0.250. The van der Waals surface area contributed by atoms with E-state index in [9.17, 15) is 0 Å². The van der Waals surface area contributed by atoms with Gasteiger partial charge in [0.2, 0.25) is 0 Å². The van der Waals surface area contributed by atoms with Crippen LogP contribution in [0.25, 0.3) is 0 Å². The molecule has 4 N–H and O–H groups in total. The fourth-order valence-electron chi connectivity index (χ4n) is 1.08. The van der Waals surface area contributed by atoms with E-state index >= 15 is 0 Å². The molecule has 0 bridgehead atoms. The minimum Gasteiger partial charge on any atom is -0.329 e. The van der Waals surface area contributed by atoms with Gasteiger partial charge in [-0.25, -0.2) is 0 Å². The summed E-state index contributed by atoms with van der Waals surface area (Å²) in [6.07, 6.45) is 1.27. The average Bonchev–Trinajstić information content (AvgIpc) is 2.37. The number of hydrogen-bond acceptors (Lipinski definition) is 3. The maximum absolute atomic E-state index is 5.74. The zero-order valence-electron chi connectivity index (χ0n) is 5.55. The first-order chi connectivity index (χ1) is 4.34. The van der Waals surface area contributed by atoms with Crippen LogP contribution in [0.4, 0.5) is 0 Å². The van der Waals surface area contributed by atoms with Crippen LogP contribution >= 0.6 is 11.8 Å². The molecule has 0 aliphatic carbocycles. The first-order valence-electron chi connectivity index (χ1n) is 3.38. The summed E-state index contributed by atoms with van der Waals surface area (Å²) < 4.78 is 0. The Bertz CT molecular complexity index is 81.1. The molecule has 54 valence electrons. The molecular formula is C6H14N2S. The van der Waals surface area contributed by atoms with Gasteiger partial charge in [0.15, 0.2) is 0 Å². The fourth-order valence-corrected chi connectivity index (χ4v) is 2.44. The third-order valence-corrected chi connectivity index (χ3v) is 3.03. The van der Waals surface area contributed by atoms with Gasteiger partial charge < -0.3 is 11.5 Å². The largest absolute Gasteiger partial charge is 0.329 e. The second-order valence-corrected chi connectivity index (χ2v) is 3.67. The molecule has 1 rings (SSSR count). The van der Waals surface area contributed by atoms with Crippen LogP contribution in [0.1, 0.15) is 6.42 Å². The van der Waals surface area contributed by atoms with Crippen LogP contribution < -0.4 is 11.5 Å². The van der Waals surface area contributed by atoms with E-state index in [2.05, 4.69) is 0 Å². The number of thioether (sulfide) groups is 1. The molecule has 0 aromatic heterocycles. The lowest BCUT2D eigenvalue weighted by molar-refractivity contribution is 0.472. The van der Waals surface area contributed by atoms with E-state index in [4.69, 9.17) is 11.5 Å². The highest BCUT2D eigenvalue weighted by Crippen LogP contribution is 2.24. The van der Waals surface area contributed by atoms with Crippen molar-refractivity contribution in [2.24, 2.45) is 17.4 Å². The molecule has 9 heavy (non-hydrogen) atoms. The summed E-state index contributed by atoms with van der Waals surface area (Å²) in [5.74, 6) is 3.19.